The summed E-state index contributed by atoms with van der Waals surface area (Å²) in [5.74, 6) is 0.0232. The number of carbonyl (C=O) groups excluding carboxylic acids is 3. The fraction of sp³-hybridized carbons (Fsp3) is 0.526. The summed E-state index contributed by atoms with van der Waals surface area (Å²) in [6, 6.07) is 5.52. The molecule has 0 aliphatic carbocycles. The average Bonchev–Trinajstić information content (AvgIpc) is 2.62. The Labute approximate surface area is 153 Å². The van der Waals surface area contributed by atoms with Crippen LogP contribution in [0.2, 0.25) is 0 Å². The summed E-state index contributed by atoms with van der Waals surface area (Å²) in [5, 5.41) is 0. The van der Waals surface area contributed by atoms with E-state index in [-0.39, 0.29) is 18.2 Å². The molecule has 0 aromatic heterocycles. The molecule has 1 unspecified atom stereocenters. The Kier molecular flexibility index (Phi) is 6.60. The summed E-state index contributed by atoms with van der Waals surface area (Å²) in [5.41, 5.74) is 1.75. The Morgan fingerprint density at radius 1 is 1.12 bits per heavy atom. The molecule has 1 aromatic rings. The molecule has 0 spiro atoms. The van der Waals surface area contributed by atoms with E-state index in [4.69, 9.17) is 9.47 Å². The molecule has 7 nitrogen and oxygen atoms in total. The Hall–Kier alpha value is -2.57. The van der Waals surface area contributed by atoms with Crippen LogP contribution in [-0.2, 0) is 25.5 Å². The number of methoxy groups -OCH3 is 1. The van der Waals surface area contributed by atoms with E-state index in [9.17, 15) is 14.4 Å². The van der Waals surface area contributed by atoms with Crippen LogP contribution in [0.15, 0.2) is 18.2 Å². The SMILES string of the molecule is COc1cc(CC(=O)OC(C)C(=O)N2CCN(C(C)=O)CC2)ccc1C. The van der Waals surface area contributed by atoms with Crippen LogP contribution in [0.1, 0.15) is 25.0 Å². The van der Waals surface area contributed by atoms with Gasteiger partial charge >= 0.3 is 5.97 Å². The Morgan fingerprint density at radius 2 is 1.73 bits per heavy atom. The quantitative estimate of drug-likeness (QED) is 0.735. The monoisotopic (exact) mass is 362 g/mol. The average molecular weight is 362 g/mol. The number of ether oxygens (including phenoxy) is 2. The predicted octanol–water partition coefficient (Wildman–Crippen LogP) is 1.17. The van der Waals surface area contributed by atoms with E-state index in [2.05, 4.69) is 0 Å². The third-order valence-corrected chi connectivity index (χ3v) is 4.51. The molecule has 0 N–H and O–H groups in total. The summed E-state index contributed by atoms with van der Waals surface area (Å²) in [6.45, 7) is 6.93. The van der Waals surface area contributed by atoms with Crippen molar-refractivity contribution in [1.82, 2.24) is 9.80 Å². The van der Waals surface area contributed by atoms with Gasteiger partial charge in [-0.15, -0.1) is 0 Å². The molecule has 1 aliphatic rings. The van der Waals surface area contributed by atoms with Crippen LogP contribution in [0.5, 0.6) is 5.75 Å². The van der Waals surface area contributed by atoms with Gasteiger partial charge in [-0.2, -0.15) is 0 Å². The maximum atomic E-state index is 12.4. The van der Waals surface area contributed by atoms with Crippen LogP contribution in [-0.4, -0.2) is 67.0 Å². The van der Waals surface area contributed by atoms with Gasteiger partial charge in [-0.05, 0) is 31.0 Å². The van der Waals surface area contributed by atoms with Crippen LogP contribution >= 0.6 is 0 Å². The molecule has 2 rings (SSSR count). The van der Waals surface area contributed by atoms with Crippen LogP contribution in [0.3, 0.4) is 0 Å². The zero-order valence-corrected chi connectivity index (χ0v) is 15.8. The van der Waals surface area contributed by atoms with E-state index in [0.29, 0.717) is 31.9 Å². The number of esters is 1. The smallest absolute Gasteiger partial charge is 0.311 e. The van der Waals surface area contributed by atoms with Crippen LogP contribution in [0.25, 0.3) is 0 Å². The summed E-state index contributed by atoms with van der Waals surface area (Å²) >= 11 is 0. The van der Waals surface area contributed by atoms with Gasteiger partial charge in [0.05, 0.1) is 13.5 Å². The van der Waals surface area contributed by atoms with Crippen molar-refractivity contribution in [1.29, 1.82) is 0 Å². The summed E-state index contributed by atoms with van der Waals surface area (Å²) in [4.78, 5) is 39.3. The Bertz CT molecular complexity index is 681. The number of amides is 2. The minimum atomic E-state index is -0.848. The molecule has 142 valence electrons. The van der Waals surface area contributed by atoms with E-state index < -0.39 is 12.1 Å². The number of benzene rings is 1. The van der Waals surface area contributed by atoms with Gasteiger partial charge in [-0.25, -0.2) is 0 Å². The fourth-order valence-corrected chi connectivity index (χ4v) is 2.93. The van der Waals surface area contributed by atoms with E-state index in [0.717, 1.165) is 11.1 Å². The van der Waals surface area contributed by atoms with Gasteiger partial charge in [0.15, 0.2) is 6.10 Å². The highest BCUT2D eigenvalue weighted by molar-refractivity contribution is 5.84. The van der Waals surface area contributed by atoms with Crippen molar-refractivity contribution in [2.75, 3.05) is 33.3 Å². The van der Waals surface area contributed by atoms with Gasteiger partial charge in [0, 0.05) is 33.1 Å². The number of carbonyl (C=O) groups is 3. The van der Waals surface area contributed by atoms with Crippen molar-refractivity contribution in [3.8, 4) is 5.75 Å². The van der Waals surface area contributed by atoms with Crippen LogP contribution < -0.4 is 4.74 Å². The number of aryl methyl sites for hydroxylation is 1. The lowest BCUT2D eigenvalue weighted by atomic mass is 10.1. The van der Waals surface area contributed by atoms with Gasteiger partial charge in [-0.1, -0.05) is 12.1 Å². The normalized spacial score (nSPS) is 15.4. The molecule has 1 saturated heterocycles. The molecule has 1 aromatic carbocycles. The third kappa shape index (κ3) is 4.97. The van der Waals surface area contributed by atoms with Crippen molar-refractivity contribution in [2.24, 2.45) is 0 Å². The van der Waals surface area contributed by atoms with E-state index in [1.807, 2.05) is 19.1 Å². The first-order valence-corrected chi connectivity index (χ1v) is 8.69. The molecule has 26 heavy (non-hydrogen) atoms. The van der Waals surface area contributed by atoms with Crippen LogP contribution in [0.4, 0.5) is 0 Å². The number of nitrogens with zero attached hydrogens (tertiary/aromatic N) is 2. The second-order valence-electron chi connectivity index (χ2n) is 6.44. The van der Waals surface area contributed by atoms with Gasteiger partial charge in [-0.3, -0.25) is 14.4 Å². The zero-order chi connectivity index (χ0) is 19.3. The van der Waals surface area contributed by atoms with Gasteiger partial charge in [0.25, 0.3) is 5.91 Å². The number of rotatable bonds is 5. The first-order chi connectivity index (χ1) is 12.3. The van der Waals surface area contributed by atoms with Gasteiger partial charge in [0.2, 0.25) is 5.91 Å². The first kappa shape index (κ1) is 19.8. The molecule has 1 fully saturated rings. The van der Waals surface area contributed by atoms with Gasteiger partial charge in [0.1, 0.15) is 5.75 Å². The highest BCUT2D eigenvalue weighted by Crippen LogP contribution is 2.19. The maximum Gasteiger partial charge on any atom is 0.311 e. The lowest BCUT2D eigenvalue weighted by Crippen LogP contribution is -2.52. The van der Waals surface area contributed by atoms with Crippen LogP contribution in [0, 0.1) is 6.92 Å². The van der Waals surface area contributed by atoms with E-state index in [1.54, 1.807) is 29.9 Å². The molecular formula is C19H26N2O5. The summed E-state index contributed by atoms with van der Waals surface area (Å²) in [7, 11) is 1.58. The summed E-state index contributed by atoms with van der Waals surface area (Å²) < 4.78 is 10.5. The van der Waals surface area contributed by atoms with Crippen molar-refractivity contribution in [3.05, 3.63) is 29.3 Å². The van der Waals surface area contributed by atoms with Crippen molar-refractivity contribution < 1.29 is 23.9 Å². The fourth-order valence-electron chi connectivity index (χ4n) is 2.93. The number of hydrogen-bond donors (Lipinski definition) is 0. The molecule has 1 atom stereocenters. The molecule has 2 amide bonds. The number of piperazine rings is 1. The molecule has 0 saturated carbocycles. The lowest BCUT2D eigenvalue weighted by molar-refractivity contribution is -0.159. The standard InChI is InChI=1S/C19H26N2O5/c1-13-5-6-16(11-17(13)25-4)12-18(23)26-14(2)19(24)21-9-7-20(8-10-21)15(3)22/h5-6,11,14H,7-10,12H2,1-4H3. The maximum absolute atomic E-state index is 12.4. The predicted molar refractivity (Wildman–Crippen MR) is 95.8 cm³/mol. The third-order valence-electron chi connectivity index (χ3n) is 4.51. The topological polar surface area (TPSA) is 76.2 Å². The molecule has 1 aliphatic heterocycles. The first-order valence-electron chi connectivity index (χ1n) is 8.69. The highest BCUT2D eigenvalue weighted by atomic mass is 16.5. The lowest BCUT2D eigenvalue weighted by Gasteiger charge is -2.35. The minimum absolute atomic E-state index is 0.00472. The second-order valence-corrected chi connectivity index (χ2v) is 6.44. The van der Waals surface area contributed by atoms with E-state index >= 15 is 0 Å². The highest BCUT2D eigenvalue weighted by Gasteiger charge is 2.27. The second kappa shape index (κ2) is 8.69. The molecule has 0 bridgehead atoms. The zero-order valence-electron chi connectivity index (χ0n) is 15.8. The molecule has 7 heteroatoms. The molecule has 0 radical (unpaired) electrons. The Morgan fingerprint density at radius 3 is 2.31 bits per heavy atom. The van der Waals surface area contributed by atoms with Crippen molar-refractivity contribution in [2.45, 2.75) is 33.3 Å². The van der Waals surface area contributed by atoms with Crippen molar-refractivity contribution >= 4 is 17.8 Å². The Balaban J connectivity index is 1.86. The largest absolute Gasteiger partial charge is 0.496 e. The number of hydrogen-bond acceptors (Lipinski definition) is 5. The molecular weight excluding hydrogens is 336 g/mol. The summed E-state index contributed by atoms with van der Waals surface area (Å²) in [6.07, 6.45) is -0.773. The van der Waals surface area contributed by atoms with Crippen molar-refractivity contribution in [3.63, 3.8) is 0 Å². The van der Waals surface area contributed by atoms with Gasteiger partial charge < -0.3 is 19.3 Å². The minimum Gasteiger partial charge on any atom is -0.496 e. The van der Waals surface area contributed by atoms with E-state index in [1.165, 1.54) is 6.92 Å². The molecule has 1 heterocycles.